The van der Waals surface area contributed by atoms with Gasteiger partial charge in [-0.3, -0.25) is 4.79 Å². The van der Waals surface area contributed by atoms with Crippen LogP contribution in [-0.2, 0) is 11.2 Å². The fourth-order valence-electron chi connectivity index (χ4n) is 3.51. The van der Waals surface area contributed by atoms with Gasteiger partial charge in [-0.05, 0) is 70.1 Å². The summed E-state index contributed by atoms with van der Waals surface area (Å²) in [5.74, 6) is 0. The predicted octanol–water partition coefficient (Wildman–Crippen LogP) is 5.18. The summed E-state index contributed by atoms with van der Waals surface area (Å²) in [6, 6.07) is 15.1. The van der Waals surface area contributed by atoms with Crippen molar-refractivity contribution in [2.24, 2.45) is 0 Å². The Balaban J connectivity index is 0.000000155. The molecule has 0 bridgehead atoms. The van der Waals surface area contributed by atoms with E-state index in [1.807, 2.05) is 4.90 Å². The first-order valence-electron chi connectivity index (χ1n) is 8.58. The molecule has 0 aromatic heterocycles. The van der Waals surface area contributed by atoms with Gasteiger partial charge in [0, 0.05) is 24.5 Å². The van der Waals surface area contributed by atoms with Gasteiger partial charge in [-0.1, -0.05) is 35.9 Å². The molecule has 2 nitrogen and oxygen atoms in total. The number of benzene rings is 3. The van der Waals surface area contributed by atoms with E-state index in [0.29, 0.717) is 0 Å². The maximum atomic E-state index is 10.1. The number of nitrogens with zero attached hydrogens (tertiary/aromatic N) is 1. The molecule has 1 aliphatic carbocycles. The second-order valence-electron chi connectivity index (χ2n) is 6.61. The number of halogens is 1. The Hall–Kier alpha value is -2.06. The molecule has 0 unspecified atom stereocenters. The second kappa shape index (κ2) is 6.45. The van der Waals surface area contributed by atoms with E-state index in [2.05, 4.69) is 42.5 Å². The van der Waals surface area contributed by atoms with Crippen LogP contribution in [0.2, 0.25) is 5.02 Å². The Bertz CT molecular complexity index is 912. The van der Waals surface area contributed by atoms with Crippen molar-refractivity contribution in [2.45, 2.75) is 25.7 Å². The lowest BCUT2D eigenvalue weighted by Gasteiger charge is -2.21. The summed E-state index contributed by atoms with van der Waals surface area (Å²) in [6.07, 6.45) is 5.70. The number of hydrogen-bond donors (Lipinski definition) is 0. The van der Waals surface area contributed by atoms with E-state index in [-0.39, 0.29) is 0 Å². The molecular weight excluding hydrogens is 318 g/mol. The Kier molecular flexibility index (Phi) is 4.15. The van der Waals surface area contributed by atoms with Crippen LogP contribution in [0.1, 0.15) is 30.4 Å². The molecule has 1 heterocycles. The third kappa shape index (κ3) is 2.99. The minimum atomic E-state index is 0.929. The summed E-state index contributed by atoms with van der Waals surface area (Å²) < 4.78 is 0. The van der Waals surface area contributed by atoms with Gasteiger partial charge in [-0.15, -0.1) is 0 Å². The van der Waals surface area contributed by atoms with Gasteiger partial charge in [-0.2, -0.15) is 0 Å². The maximum absolute atomic E-state index is 10.1. The Morgan fingerprint density at radius 1 is 0.875 bits per heavy atom. The van der Waals surface area contributed by atoms with Gasteiger partial charge >= 0.3 is 0 Å². The normalized spacial score (nSPS) is 15.6. The SMILES string of the molecule is Clc1cc2cc3ccccc3cc2c2c1C2.O=CN1CCCCC1. The van der Waals surface area contributed by atoms with E-state index in [1.165, 1.54) is 51.9 Å². The van der Waals surface area contributed by atoms with E-state index < -0.39 is 0 Å². The van der Waals surface area contributed by atoms with Crippen molar-refractivity contribution in [1.82, 2.24) is 4.90 Å². The van der Waals surface area contributed by atoms with Crippen molar-refractivity contribution >= 4 is 39.6 Å². The summed E-state index contributed by atoms with van der Waals surface area (Å²) >= 11 is 6.19. The van der Waals surface area contributed by atoms with Crippen molar-refractivity contribution in [3.05, 3.63) is 58.6 Å². The van der Waals surface area contributed by atoms with Crippen LogP contribution in [0.25, 0.3) is 21.5 Å². The molecule has 24 heavy (non-hydrogen) atoms. The van der Waals surface area contributed by atoms with Gasteiger partial charge in [0.15, 0.2) is 0 Å². The fraction of sp³-hybridized carbons (Fsp3) is 0.286. The lowest BCUT2D eigenvalue weighted by Crippen LogP contribution is -2.27. The smallest absolute Gasteiger partial charge is 0.209 e. The van der Waals surface area contributed by atoms with Crippen molar-refractivity contribution in [1.29, 1.82) is 0 Å². The Labute approximate surface area is 147 Å². The van der Waals surface area contributed by atoms with E-state index >= 15 is 0 Å². The molecule has 3 aromatic rings. The zero-order valence-electron chi connectivity index (χ0n) is 13.6. The lowest BCUT2D eigenvalue weighted by molar-refractivity contribution is -0.118. The molecule has 3 aromatic carbocycles. The molecule has 1 amide bonds. The highest BCUT2D eigenvalue weighted by Gasteiger charge is 2.23. The summed E-state index contributed by atoms with van der Waals surface area (Å²) in [5, 5.41) is 6.16. The van der Waals surface area contributed by atoms with Crippen LogP contribution in [0.3, 0.4) is 0 Å². The fourth-order valence-corrected chi connectivity index (χ4v) is 3.80. The number of likely N-dealkylation sites (tertiary alicyclic amines) is 1. The lowest BCUT2D eigenvalue weighted by atomic mass is 10.0. The quantitative estimate of drug-likeness (QED) is 0.346. The van der Waals surface area contributed by atoms with Crippen molar-refractivity contribution in [2.75, 3.05) is 13.1 Å². The number of carbonyl (C=O) groups excluding carboxylic acids is 1. The van der Waals surface area contributed by atoms with E-state index in [0.717, 1.165) is 30.9 Å². The highest BCUT2D eigenvalue weighted by atomic mass is 35.5. The monoisotopic (exact) mass is 337 g/mol. The molecule has 1 saturated heterocycles. The molecule has 0 saturated carbocycles. The first kappa shape index (κ1) is 15.5. The van der Waals surface area contributed by atoms with E-state index in [9.17, 15) is 4.79 Å². The van der Waals surface area contributed by atoms with Gasteiger partial charge in [-0.25, -0.2) is 0 Å². The molecule has 0 radical (unpaired) electrons. The molecule has 122 valence electrons. The average Bonchev–Trinajstić information content (AvgIpc) is 3.43. The predicted molar refractivity (Wildman–Crippen MR) is 101 cm³/mol. The molecule has 5 rings (SSSR count). The zero-order chi connectivity index (χ0) is 16.5. The van der Waals surface area contributed by atoms with Crippen LogP contribution in [0.5, 0.6) is 0 Å². The third-order valence-electron chi connectivity index (χ3n) is 4.95. The van der Waals surface area contributed by atoms with Gasteiger partial charge in [0.25, 0.3) is 0 Å². The second-order valence-corrected chi connectivity index (χ2v) is 7.02. The average molecular weight is 338 g/mol. The standard InChI is InChI=1S/C15H9Cl.C6H11NO/c16-15-7-11-5-9-3-1-2-4-10(9)6-12(11)13-8-14(13)15;8-6-7-4-2-1-3-5-7/h1-7H,8H2;6H,1-5H2. The maximum Gasteiger partial charge on any atom is 0.209 e. The molecule has 2 aliphatic rings. The molecule has 1 aliphatic heterocycles. The minimum absolute atomic E-state index is 0.929. The molecule has 1 fully saturated rings. The van der Waals surface area contributed by atoms with E-state index in [1.54, 1.807) is 0 Å². The van der Waals surface area contributed by atoms with Crippen LogP contribution < -0.4 is 0 Å². The van der Waals surface area contributed by atoms with Crippen molar-refractivity contribution in [3.63, 3.8) is 0 Å². The highest BCUT2D eigenvalue weighted by Crippen LogP contribution is 2.42. The Morgan fingerprint density at radius 2 is 1.58 bits per heavy atom. The molecule has 0 spiro atoms. The van der Waals surface area contributed by atoms with Crippen LogP contribution >= 0.6 is 11.6 Å². The number of piperidine rings is 1. The summed E-state index contributed by atoms with van der Waals surface area (Å²) in [5.41, 5.74) is 2.78. The van der Waals surface area contributed by atoms with Crippen molar-refractivity contribution < 1.29 is 4.79 Å². The topological polar surface area (TPSA) is 20.3 Å². The van der Waals surface area contributed by atoms with Crippen LogP contribution in [0.15, 0.2) is 42.5 Å². The molecule has 3 heteroatoms. The van der Waals surface area contributed by atoms with Gasteiger partial charge in [0.05, 0.1) is 0 Å². The van der Waals surface area contributed by atoms with Crippen LogP contribution in [0.4, 0.5) is 0 Å². The van der Waals surface area contributed by atoms with Crippen LogP contribution in [-0.4, -0.2) is 24.4 Å². The summed E-state index contributed by atoms with van der Waals surface area (Å²) in [7, 11) is 0. The molecule has 0 N–H and O–H groups in total. The van der Waals surface area contributed by atoms with Gasteiger partial charge < -0.3 is 4.90 Å². The first-order valence-corrected chi connectivity index (χ1v) is 8.96. The largest absolute Gasteiger partial charge is 0.345 e. The Morgan fingerprint density at radius 3 is 2.25 bits per heavy atom. The zero-order valence-corrected chi connectivity index (χ0v) is 14.4. The third-order valence-corrected chi connectivity index (χ3v) is 5.28. The number of hydrogen-bond acceptors (Lipinski definition) is 1. The summed E-state index contributed by atoms with van der Waals surface area (Å²) in [4.78, 5) is 11.9. The molecular formula is C21H20ClNO. The number of carbonyl (C=O) groups is 1. The molecule has 0 atom stereocenters. The summed E-state index contributed by atoms with van der Waals surface area (Å²) in [6.45, 7) is 1.95. The number of amides is 1. The van der Waals surface area contributed by atoms with E-state index in [4.69, 9.17) is 11.6 Å². The number of rotatable bonds is 1. The first-order chi connectivity index (χ1) is 11.8. The number of fused-ring (bicyclic) bond motifs is 4. The minimum Gasteiger partial charge on any atom is -0.345 e. The highest BCUT2D eigenvalue weighted by molar-refractivity contribution is 6.33. The van der Waals surface area contributed by atoms with Gasteiger partial charge in [0.1, 0.15) is 0 Å². The van der Waals surface area contributed by atoms with Crippen molar-refractivity contribution in [3.8, 4) is 0 Å². The van der Waals surface area contributed by atoms with Gasteiger partial charge in [0.2, 0.25) is 6.41 Å². The van der Waals surface area contributed by atoms with Crippen LogP contribution in [0, 0.1) is 0 Å².